The summed E-state index contributed by atoms with van der Waals surface area (Å²) in [5.41, 5.74) is 7.27. The first-order chi connectivity index (χ1) is 7.27. The first kappa shape index (κ1) is 12.1. The van der Waals surface area contributed by atoms with Gasteiger partial charge in [0.1, 0.15) is 5.75 Å². The highest BCUT2D eigenvalue weighted by molar-refractivity contribution is 5.33. The molecule has 0 spiro atoms. The number of para-hydroxylation sites is 1. The van der Waals surface area contributed by atoms with Crippen LogP contribution in [0.4, 0.5) is 0 Å². The third-order valence-corrected chi connectivity index (χ3v) is 2.60. The van der Waals surface area contributed by atoms with Crippen LogP contribution in [0.5, 0.6) is 5.75 Å². The Morgan fingerprint density at radius 3 is 2.73 bits per heavy atom. The molecular weight excluding hydrogens is 186 g/mol. The van der Waals surface area contributed by atoms with Gasteiger partial charge < -0.3 is 10.5 Å². The van der Waals surface area contributed by atoms with Crippen LogP contribution in [-0.2, 0) is 6.42 Å². The van der Waals surface area contributed by atoms with Gasteiger partial charge in [0.2, 0.25) is 0 Å². The lowest BCUT2D eigenvalue weighted by atomic mass is 10.0. The molecule has 1 rings (SSSR count). The fraction of sp³-hybridized carbons (Fsp3) is 0.538. The fourth-order valence-electron chi connectivity index (χ4n) is 1.72. The molecule has 0 heterocycles. The van der Waals surface area contributed by atoms with Crippen LogP contribution in [0.3, 0.4) is 0 Å². The van der Waals surface area contributed by atoms with Crippen LogP contribution in [0.15, 0.2) is 24.3 Å². The predicted molar refractivity (Wildman–Crippen MR) is 64.2 cm³/mol. The second-order valence-electron chi connectivity index (χ2n) is 3.92. The minimum Gasteiger partial charge on any atom is -0.496 e. The van der Waals surface area contributed by atoms with Gasteiger partial charge in [-0.25, -0.2) is 0 Å². The predicted octanol–water partition coefficient (Wildman–Crippen LogP) is 2.76. The second kappa shape index (κ2) is 6.46. The lowest BCUT2D eigenvalue weighted by molar-refractivity contribution is 0.407. The summed E-state index contributed by atoms with van der Waals surface area (Å²) in [7, 11) is 1.70. The van der Waals surface area contributed by atoms with Crippen LogP contribution >= 0.6 is 0 Å². The largest absolute Gasteiger partial charge is 0.496 e. The van der Waals surface area contributed by atoms with Crippen molar-refractivity contribution >= 4 is 0 Å². The van der Waals surface area contributed by atoms with Crippen molar-refractivity contribution in [2.45, 2.75) is 38.6 Å². The lowest BCUT2D eigenvalue weighted by Crippen LogP contribution is -2.22. The minimum absolute atomic E-state index is 0.251. The third-order valence-electron chi connectivity index (χ3n) is 2.60. The second-order valence-corrected chi connectivity index (χ2v) is 3.92. The topological polar surface area (TPSA) is 35.2 Å². The van der Waals surface area contributed by atoms with Crippen molar-refractivity contribution in [1.29, 1.82) is 0 Å². The van der Waals surface area contributed by atoms with E-state index >= 15 is 0 Å². The molecule has 0 saturated carbocycles. The normalized spacial score (nSPS) is 12.5. The van der Waals surface area contributed by atoms with Gasteiger partial charge in [-0.2, -0.15) is 0 Å². The summed E-state index contributed by atoms with van der Waals surface area (Å²) in [5.74, 6) is 0.949. The molecule has 15 heavy (non-hydrogen) atoms. The average molecular weight is 207 g/mol. The van der Waals surface area contributed by atoms with Crippen LogP contribution in [0.25, 0.3) is 0 Å². The first-order valence-corrected chi connectivity index (χ1v) is 5.65. The standard InChI is InChI=1S/C13H21NO/c1-3-4-8-12(14)10-11-7-5-6-9-13(11)15-2/h5-7,9,12H,3-4,8,10,14H2,1-2H3. The van der Waals surface area contributed by atoms with Gasteiger partial charge in [-0.05, 0) is 24.5 Å². The monoisotopic (exact) mass is 207 g/mol. The zero-order valence-corrected chi connectivity index (χ0v) is 9.70. The van der Waals surface area contributed by atoms with Gasteiger partial charge in [0.25, 0.3) is 0 Å². The van der Waals surface area contributed by atoms with E-state index in [4.69, 9.17) is 10.5 Å². The quantitative estimate of drug-likeness (QED) is 0.778. The maximum Gasteiger partial charge on any atom is 0.122 e. The van der Waals surface area contributed by atoms with E-state index in [0.717, 1.165) is 18.6 Å². The first-order valence-electron chi connectivity index (χ1n) is 5.65. The molecule has 0 amide bonds. The lowest BCUT2D eigenvalue weighted by Gasteiger charge is -2.13. The van der Waals surface area contributed by atoms with Gasteiger partial charge in [0.15, 0.2) is 0 Å². The third kappa shape index (κ3) is 3.92. The molecule has 1 aromatic rings. The van der Waals surface area contributed by atoms with Crippen molar-refractivity contribution in [3.05, 3.63) is 29.8 Å². The van der Waals surface area contributed by atoms with Gasteiger partial charge >= 0.3 is 0 Å². The summed E-state index contributed by atoms with van der Waals surface area (Å²) in [5, 5.41) is 0. The van der Waals surface area contributed by atoms with E-state index in [0.29, 0.717) is 0 Å². The summed E-state index contributed by atoms with van der Waals surface area (Å²) >= 11 is 0. The van der Waals surface area contributed by atoms with E-state index in [9.17, 15) is 0 Å². The van der Waals surface area contributed by atoms with E-state index < -0.39 is 0 Å². The number of hydrogen-bond acceptors (Lipinski definition) is 2. The summed E-state index contributed by atoms with van der Waals surface area (Å²) < 4.78 is 5.30. The van der Waals surface area contributed by atoms with Crippen molar-refractivity contribution in [2.24, 2.45) is 5.73 Å². The molecule has 84 valence electrons. The molecule has 2 heteroatoms. The van der Waals surface area contributed by atoms with Gasteiger partial charge in [-0.3, -0.25) is 0 Å². The molecule has 0 aliphatic rings. The van der Waals surface area contributed by atoms with Crippen molar-refractivity contribution in [1.82, 2.24) is 0 Å². The Balaban J connectivity index is 2.55. The highest BCUT2D eigenvalue weighted by Crippen LogP contribution is 2.19. The highest BCUT2D eigenvalue weighted by Gasteiger charge is 2.07. The molecule has 1 atom stereocenters. The molecule has 2 nitrogen and oxygen atoms in total. The maximum atomic E-state index is 6.06. The Hall–Kier alpha value is -1.02. The van der Waals surface area contributed by atoms with Gasteiger partial charge in [-0.1, -0.05) is 38.0 Å². The molecule has 1 aromatic carbocycles. The summed E-state index contributed by atoms with van der Waals surface area (Å²) in [6.07, 6.45) is 4.41. The molecule has 0 aliphatic heterocycles. The molecule has 0 radical (unpaired) electrons. The van der Waals surface area contributed by atoms with Gasteiger partial charge in [0, 0.05) is 6.04 Å². The smallest absolute Gasteiger partial charge is 0.122 e. The molecule has 2 N–H and O–H groups in total. The summed E-state index contributed by atoms with van der Waals surface area (Å²) in [6, 6.07) is 8.35. The van der Waals surface area contributed by atoms with Crippen molar-refractivity contribution in [2.75, 3.05) is 7.11 Å². The minimum atomic E-state index is 0.251. The number of nitrogens with two attached hydrogens (primary N) is 1. The number of hydrogen-bond donors (Lipinski definition) is 1. The van der Waals surface area contributed by atoms with Crippen LogP contribution in [0.2, 0.25) is 0 Å². The number of ether oxygens (including phenoxy) is 1. The van der Waals surface area contributed by atoms with Crippen LogP contribution in [0.1, 0.15) is 31.7 Å². The molecular formula is C13H21NO. The SMILES string of the molecule is CCCCC(N)Cc1ccccc1OC. The summed E-state index contributed by atoms with van der Waals surface area (Å²) in [6.45, 7) is 2.19. The molecule has 0 fully saturated rings. The van der Waals surface area contributed by atoms with Crippen molar-refractivity contribution in [3.8, 4) is 5.75 Å². The van der Waals surface area contributed by atoms with E-state index in [1.54, 1.807) is 7.11 Å². The number of methoxy groups -OCH3 is 1. The Bertz CT molecular complexity index is 286. The Morgan fingerprint density at radius 1 is 1.33 bits per heavy atom. The van der Waals surface area contributed by atoms with E-state index in [1.165, 1.54) is 18.4 Å². The molecule has 1 unspecified atom stereocenters. The van der Waals surface area contributed by atoms with Gasteiger partial charge in [-0.15, -0.1) is 0 Å². The summed E-state index contributed by atoms with van der Waals surface area (Å²) in [4.78, 5) is 0. The van der Waals surface area contributed by atoms with Gasteiger partial charge in [0.05, 0.1) is 7.11 Å². The zero-order chi connectivity index (χ0) is 11.1. The van der Waals surface area contributed by atoms with Crippen LogP contribution in [-0.4, -0.2) is 13.2 Å². The van der Waals surface area contributed by atoms with Crippen LogP contribution in [0, 0.1) is 0 Å². The van der Waals surface area contributed by atoms with Crippen molar-refractivity contribution in [3.63, 3.8) is 0 Å². The molecule has 0 saturated heterocycles. The van der Waals surface area contributed by atoms with E-state index in [2.05, 4.69) is 13.0 Å². The van der Waals surface area contributed by atoms with Crippen LogP contribution < -0.4 is 10.5 Å². The maximum absolute atomic E-state index is 6.06. The Morgan fingerprint density at radius 2 is 2.07 bits per heavy atom. The molecule has 0 aromatic heterocycles. The Kier molecular flexibility index (Phi) is 5.19. The number of rotatable bonds is 6. The fourth-order valence-corrected chi connectivity index (χ4v) is 1.72. The molecule has 0 aliphatic carbocycles. The number of unbranched alkanes of at least 4 members (excludes halogenated alkanes) is 1. The van der Waals surface area contributed by atoms with E-state index in [1.807, 2.05) is 18.2 Å². The number of benzene rings is 1. The zero-order valence-electron chi connectivity index (χ0n) is 9.70. The molecule has 0 bridgehead atoms. The Labute approximate surface area is 92.4 Å². The average Bonchev–Trinajstić information content (AvgIpc) is 2.27. The van der Waals surface area contributed by atoms with E-state index in [-0.39, 0.29) is 6.04 Å². The highest BCUT2D eigenvalue weighted by atomic mass is 16.5. The van der Waals surface area contributed by atoms with Crippen molar-refractivity contribution < 1.29 is 4.74 Å².